The number of carbonyl (C=O) groups excluding carboxylic acids is 2. The number of benzene rings is 1. The van der Waals surface area contributed by atoms with Crippen molar-refractivity contribution in [2.75, 3.05) is 25.0 Å². The third kappa shape index (κ3) is 5.73. The number of rotatable bonds is 7. The van der Waals surface area contributed by atoms with Crippen LogP contribution in [0.2, 0.25) is 5.02 Å². The summed E-state index contributed by atoms with van der Waals surface area (Å²) in [5.41, 5.74) is 0.647. The fourth-order valence-electron chi connectivity index (χ4n) is 1.94. The van der Waals surface area contributed by atoms with Crippen LogP contribution in [-0.4, -0.2) is 42.4 Å². The number of hydrogen-bond donors (Lipinski definition) is 2. The maximum absolute atomic E-state index is 12.2. The number of nitrogens with one attached hydrogen (secondary N) is 2. The lowest BCUT2D eigenvalue weighted by Crippen LogP contribution is -2.46. The van der Waals surface area contributed by atoms with Gasteiger partial charge in [0.15, 0.2) is 0 Å². The second-order valence-corrected chi connectivity index (χ2v) is 5.13. The molecule has 2 N–H and O–H groups in total. The molecule has 1 atom stereocenters. The number of anilines is 1. The van der Waals surface area contributed by atoms with Crippen LogP contribution in [-0.2, 0) is 9.59 Å². The Morgan fingerprint density at radius 1 is 1.33 bits per heavy atom. The number of carbonyl (C=O) groups is 2. The first-order chi connectivity index (χ1) is 9.97. The van der Waals surface area contributed by atoms with E-state index in [0.717, 1.165) is 0 Å². The van der Waals surface area contributed by atoms with Crippen LogP contribution < -0.4 is 10.6 Å². The largest absolute Gasteiger partial charge is 0.355 e. The van der Waals surface area contributed by atoms with Crippen molar-refractivity contribution in [2.24, 2.45) is 0 Å². The fraction of sp³-hybridized carbons (Fsp3) is 0.467. The van der Waals surface area contributed by atoms with Crippen molar-refractivity contribution in [2.45, 2.75) is 26.8 Å². The number of hydrogen-bond acceptors (Lipinski definition) is 3. The molecule has 2 amide bonds. The van der Waals surface area contributed by atoms with Gasteiger partial charge >= 0.3 is 0 Å². The molecule has 1 aromatic carbocycles. The second-order valence-electron chi connectivity index (χ2n) is 4.69. The topological polar surface area (TPSA) is 61.4 Å². The van der Waals surface area contributed by atoms with Gasteiger partial charge in [0.1, 0.15) is 0 Å². The van der Waals surface area contributed by atoms with Gasteiger partial charge in [-0.1, -0.05) is 24.6 Å². The molecule has 0 saturated carbocycles. The Bertz CT molecular complexity index is 494. The average Bonchev–Trinajstić information content (AvgIpc) is 2.44. The van der Waals surface area contributed by atoms with Crippen LogP contribution in [0, 0.1) is 0 Å². The van der Waals surface area contributed by atoms with Crippen LogP contribution in [0.5, 0.6) is 0 Å². The molecular formula is C15H22ClN3O2. The summed E-state index contributed by atoms with van der Waals surface area (Å²) in [6, 6.07) is 6.57. The quantitative estimate of drug-likeness (QED) is 0.811. The van der Waals surface area contributed by atoms with Crippen LogP contribution in [0.15, 0.2) is 24.3 Å². The molecule has 0 fully saturated rings. The summed E-state index contributed by atoms with van der Waals surface area (Å²) in [5, 5.41) is 6.10. The normalized spacial score (nSPS) is 12.0. The van der Waals surface area contributed by atoms with Crippen LogP contribution >= 0.6 is 11.6 Å². The first-order valence-electron chi connectivity index (χ1n) is 7.05. The van der Waals surface area contributed by atoms with E-state index in [-0.39, 0.29) is 18.4 Å². The van der Waals surface area contributed by atoms with E-state index < -0.39 is 6.04 Å². The van der Waals surface area contributed by atoms with Crippen molar-refractivity contribution >= 4 is 29.1 Å². The van der Waals surface area contributed by atoms with Crippen LogP contribution in [0.4, 0.5) is 5.69 Å². The van der Waals surface area contributed by atoms with Crippen molar-refractivity contribution < 1.29 is 9.59 Å². The summed E-state index contributed by atoms with van der Waals surface area (Å²) < 4.78 is 0. The predicted molar refractivity (Wildman–Crippen MR) is 85.5 cm³/mol. The lowest BCUT2D eigenvalue weighted by Gasteiger charge is -2.26. The van der Waals surface area contributed by atoms with Crippen LogP contribution in [0.25, 0.3) is 0 Å². The number of halogens is 1. The maximum atomic E-state index is 12.2. The zero-order valence-electron chi connectivity index (χ0n) is 12.6. The lowest BCUT2D eigenvalue weighted by atomic mass is 10.2. The molecule has 0 spiro atoms. The summed E-state index contributed by atoms with van der Waals surface area (Å²) in [4.78, 5) is 25.7. The highest BCUT2D eigenvalue weighted by Gasteiger charge is 2.22. The molecule has 6 heteroatoms. The van der Waals surface area contributed by atoms with Gasteiger partial charge in [0.2, 0.25) is 11.8 Å². The minimum absolute atomic E-state index is 0.0817. The molecule has 21 heavy (non-hydrogen) atoms. The minimum atomic E-state index is -0.406. The van der Waals surface area contributed by atoms with Gasteiger partial charge in [0.05, 0.1) is 12.6 Å². The van der Waals surface area contributed by atoms with E-state index in [1.165, 1.54) is 0 Å². The molecular weight excluding hydrogens is 290 g/mol. The molecule has 116 valence electrons. The molecule has 0 aliphatic rings. The molecule has 0 aliphatic heterocycles. The Kier molecular flexibility index (Phi) is 7.19. The molecule has 0 radical (unpaired) electrons. The Hall–Kier alpha value is -1.59. The van der Waals surface area contributed by atoms with Gasteiger partial charge in [-0.2, -0.15) is 0 Å². The Morgan fingerprint density at radius 3 is 2.62 bits per heavy atom. The van der Waals surface area contributed by atoms with Gasteiger partial charge in [-0.3, -0.25) is 14.5 Å². The van der Waals surface area contributed by atoms with Gasteiger partial charge in [0, 0.05) is 17.3 Å². The molecule has 0 unspecified atom stereocenters. The van der Waals surface area contributed by atoms with E-state index in [0.29, 0.717) is 23.8 Å². The standard InChI is InChI=1S/C15H22ClN3O2/c1-4-17-14(20)10-19(5-2)11(3)15(21)18-13-8-6-7-12(16)9-13/h6-9,11H,4-5,10H2,1-3H3,(H,17,20)(H,18,21)/t11-/m0/s1. The zero-order valence-corrected chi connectivity index (χ0v) is 13.4. The smallest absolute Gasteiger partial charge is 0.241 e. The van der Waals surface area contributed by atoms with Crippen molar-refractivity contribution in [3.63, 3.8) is 0 Å². The van der Waals surface area contributed by atoms with E-state index in [9.17, 15) is 9.59 Å². The molecule has 0 aliphatic carbocycles. The Labute approximate surface area is 130 Å². The van der Waals surface area contributed by atoms with Crippen molar-refractivity contribution in [1.29, 1.82) is 0 Å². The van der Waals surface area contributed by atoms with Gasteiger partial charge in [0.25, 0.3) is 0 Å². The summed E-state index contributed by atoms with van der Waals surface area (Å²) in [5.74, 6) is -0.245. The van der Waals surface area contributed by atoms with Gasteiger partial charge in [-0.05, 0) is 38.6 Å². The average molecular weight is 312 g/mol. The lowest BCUT2D eigenvalue weighted by molar-refractivity contribution is -0.125. The summed E-state index contributed by atoms with van der Waals surface area (Å²) in [6.45, 7) is 6.96. The summed E-state index contributed by atoms with van der Waals surface area (Å²) >= 11 is 5.89. The highest BCUT2D eigenvalue weighted by atomic mass is 35.5. The fourth-order valence-corrected chi connectivity index (χ4v) is 2.13. The van der Waals surface area contributed by atoms with E-state index in [2.05, 4.69) is 10.6 Å². The number of amides is 2. The number of likely N-dealkylation sites (N-methyl/N-ethyl adjacent to an activating group) is 2. The highest BCUT2D eigenvalue weighted by Crippen LogP contribution is 2.15. The van der Waals surface area contributed by atoms with Gasteiger partial charge in [-0.15, -0.1) is 0 Å². The van der Waals surface area contributed by atoms with E-state index in [4.69, 9.17) is 11.6 Å². The first-order valence-corrected chi connectivity index (χ1v) is 7.42. The van der Waals surface area contributed by atoms with Crippen molar-refractivity contribution in [1.82, 2.24) is 10.2 Å². The van der Waals surface area contributed by atoms with E-state index in [1.54, 1.807) is 31.2 Å². The van der Waals surface area contributed by atoms with E-state index >= 15 is 0 Å². The molecule has 0 aromatic heterocycles. The van der Waals surface area contributed by atoms with Gasteiger partial charge < -0.3 is 10.6 Å². The molecule has 1 rings (SSSR count). The molecule has 1 aromatic rings. The zero-order chi connectivity index (χ0) is 15.8. The summed E-state index contributed by atoms with van der Waals surface area (Å²) in [6.07, 6.45) is 0. The Morgan fingerprint density at radius 2 is 2.05 bits per heavy atom. The summed E-state index contributed by atoms with van der Waals surface area (Å²) in [7, 11) is 0. The van der Waals surface area contributed by atoms with Gasteiger partial charge in [-0.25, -0.2) is 0 Å². The maximum Gasteiger partial charge on any atom is 0.241 e. The third-order valence-electron chi connectivity index (χ3n) is 3.15. The molecule has 0 bridgehead atoms. The van der Waals surface area contributed by atoms with Crippen molar-refractivity contribution in [3.05, 3.63) is 29.3 Å². The predicted octanol–water partition coefficient (Wildman–Crippen LogP) is 2.12. The monoisotopic (exact) mass is 311 g/mol. The SMILES string of the molecule is CCNC(=O)CN(CC)[C@@H](C)C(=O)Nc1cccc(Cl)c1. The van der Waals surface area contributed by atoms with Crippen LogP contribution in [0.1, 0.15) is 20.8 Å². The first kappa shape index (κ1) is 17.5. The van der Waals surface area contributed by atoms with Crippen molar-refractivity contribution in [3.8, 4) is 0 Å². The molecule has 0 heterocycles. The second kappa shape index (κ2) is 8.64. The van der Waals surface area contributed by atoms with Crippen LogP contribution in [0.3, 0.4) is 0 Å². The highest BCUT2D eigenvalue weighted by molar-refractivity contribution is 6.30. The number of nitrogens with zero attached hydrogens (tertiary/aromatic N) is 1. The molecule has 0 saturated heterocycles. The molecule has 5 nitrogen and oxygen atoms in total. The Balaban J connectivity index is 2.64. The van der Waals surface area contributed by atoms with E-state index in [1.807, 2.05) is 18.7 Å². The minimum Gasteiger partial charge on any atom is -0.355 e. The third-order valence-corrected chi connectivity index (χ3v) is 3.38.